The van der Waals surface area contributed by atoms with E-state index in [1.807, 2.05) is 4.90 Å². The zero-order valence-corrected chi connectivity index (χ0v) is 8.85. The van der Waals surface area contributed by atoms with Crippen LogP contribution in [-0.4, -0.2) is 47.1 Å². The Morgan fingerprint density at radius 3 is 2.85 bits per heavy atom. The molecule has 1 aliphatic heterocycles. The highest BCUT2D eigenvalue weighted by molar-refractivity contribution is 8.13. The summed E-state index contributed by atoms with van der Waals surface area (Å²) in [7, 11) is 2.13. The Labute approximate surface area is 83.5 Å². The SMILES string of the molecule is CN(CN1CCSC1=O)C1CCC1. The fraction of sp³-hybridized carbons (Fsp3) is 0.889. The summed E-state index contributed by atoms with van der Waals surface area (Å²) in [5, 5.41) is 0.256. The molecule has 0 aromatic carbocycles. The van der Waals surface area contributed by atoms with Crippen molar-refractivity contribution < 1.29 is 4.79 Å². The molecule has 1 heterocycles. The number of thioether (sulfide) groups is 1. The normalized spacial score (nSPS) is 24.2. The Balaban J connectivity index is 1.79. The van der Waals surface area contributed by atoms with Crippen molar-refractivity contribution in [2.45, 2.75) is 25.3 Å². The maximum absolute atomic E-state index is 11.3. The first-order valence-corrected chi connectivity index (χ1v) is 5.88. The largest absolute Gasteiger partial charge is 0.320 e. The minimum absolute atomic E-state index is 0.256. The lowest BCUT2D eigenvalue weighted by atomic mass is 9.92. The van der Waals surface area contributed by atoms with Crippen molar-refractivity contribution in [3.63, 3.8) is 0 Å². The topological polar surface area (TPSA) is 23.6 Å². The van der Waals surface area contributed by atoms with Gasteiger partial charge in [0.25, 0.3) is 5.24 Å². The Morgan fingerprint density at radius 2 is 2.38 bits per heavy atom. The van der Waals surface area contributed by atoms with Gasteiger partial charge in [0.1, 0.15) is 0 Å². The van der Waals surface area contributed by atoms with Crippen LogP contribution in [0.1, 0.15) is 19.3 Å². The Bertz CT molecular complexity index is 206. The van der Waals surface area contributed by atoms with Crippen LogP contribution in [0.2, 0.25) is 0 Å². The third-order valence-electron chi connectivity index (χ3n) is 2.94. The first-order valence-electron chi connectivity index (χ1n) is 4.89. The van der Waals surface area contributed by atoms with Crippen molar-refractivity contribution >= 4 is 17.0 Å². The van der Waals surface area contributed by atoms with E-state index in [1.165, 1.54) is 31.0 Å². The lowest BCUT2D eigenvalue weighted by molar-refractivity contribution is 0.105. The number of carbonyl (C=O) groups excluding carboxylic acids is 1. The number of nitrogens with zero attached hydrogens (tertiary/aromatic N) is 2. The molecule has 1 saturated carbocycles. The molecule has 4 heteroatoms. The monoisotopic (exact) mass is 200 g/mol. The van der Waals surface area contributed by atoms with Crippen LogP contribution in [-0.2, 0) is 0 Å². The van der Waals surface area contributed by atoms with Crippen LogP contribution >= 0.6 is 11.8 Å². The van der Waals surface area contributed by atoms with Crippen molar-refractivity contribution in [2.75, 3.05) is 26.0 Å². The van der Waals surface area contributed by atoms with Gasteiger partial charge in [0.05, 0.1) is 6.67 Å². The molecule has 0 unspecified atom stereocenters. The summed E-state index contributed by atoms with van der Waals surface area (Å²) in [5.74, 6) is 0.970. The Kier molecular flexibility index (Phi) is 2.79. The second-order valence-corrected chi connectivity index (χ2v) is 4.91. The first-order chi connectivity index (χ1) is 6.27. The van der Waals surface area contributed by atoms with Gasteiger partial charge >= 0.3 is 0 Å². The minimum atomic E-state index is 0.256. The molecule has 2 fully saturated rings. The summed E-state index contributed by atoms with van der Waals surface area (Å²) in [6.07, 6.45) is 3.98. The van der Waals surface area contributed by atoms with E-state index in [-0.39, 0.29) is 5.24 Å². The van der Waals surface area contributed by atoms with E-state index in [4.69, 9.17) is 0 Å². The second kappa shape index (κ2) is 3.88. The van der Waals surface area contributed by atoms with Gasteiger partial charge in [-0.25, -0.2) is 0 Å². The summed E-state index contributed by atoms with van der Waals surface area (Å²) >= 11 is 1.45. The van der Waals surface area contributed by atoms with Crippen LogP contribution in [0.3, 0.4) is 0 Å². The molecule has 0 aromatic heterocycles. The highest BCUT2D eigenvalue weighted by atomic mass is 32.2. The summed E-state index contributed by atoms with van der Waals surface area (Å²) in [6.45, 7) is 1.76. The van der Waals surface area contributed by atoms with Crippen LogP contribution in [0.15, 0.2) is 0 Å². The van der Waals surface area contributed by atoms with Gasteiger partial charge in [0.15, 0.2) is 0 Å². The number of carbonyl (C=O) groups is 1. The third kappa shape index (κ3) is 1.99. The van der Waals surface area contributed by atoms with Crippen molar-refractivity contribution in [1.82, 2.24) is 9.80 Å². The average molecular weight is 200 g/mol. The van der Waals surface area contributed by atoms with Gasteiger partial charge < -0.3 is 4.90 Å². The fourth-order valence-electron chi connectivity index (χ4n) is 1.77. The molecule has 13 heavy (non-hydrogen) atoms. The fourth-order valence-corrected chi connectivity index (χ4v) is 2.58. The lowest BCUT2D eigenvalue weighted by Crippen LogP contribution is -2.44. The van der Waals surface area contributed by atoms with Crippen LogP contribution in [0.25, 0.3) is 0 Å². The maximum Gasteiger partial charge on any atom is 0.282 e. The first kappa shape index (κ1) is 9.34. The lowest BCUT2D eigenvalue weighted by Gasteiger charge is -2.36. The smallest absolute Gasteiger partial charge is 0.282 e. The van der Waals surface area contributed by atoms with Crippen LogP contribution in [0.5, 0.6) is 0 Å². The van der Waals surface area contributed by atoms with Crippen LogP contribution in [0, 0.1) is 0 Å². The summed E-state index contributed by atoms with van der Waals surface area (Å²) < 4.78 is 0. The zero-order chi connectivity index (χ0) is 9.26. The van der Waals surface area contributed by atoms with Crippen molar-refractivity contribution in [3.05, 3.63) is 0 Å². The van der Waals surface area contributed by atoms with E-state index in [2.05, 4.69) is 11.9 Å². The Hall–Kier alpha value is -0.220. The second-order valence-electron chi connectivity index (χ2n) is 3.86. The third-order valence-corrected chi connectivity index (χ3v) is 3.83. The van der Waals surface area contributed by atoms with E-state index in [0.717, 1.165) is 25.0 Å². The van der Waals surface area contributed by atoms with Gasteiger partial charge in [0.2, 0.25) is 0 Å². The van der Waals surface area contributed by atoms with Crippen molar-refractivity contribution in [2.24, 2.45) is 0 Å². The average Bonchev–Trinajstić information content (AvgIpc) is 2.32. The molecular formula is C9H16N2OS. The highest BCUT2D eigenvalue weighted by Gasteiger charge is 2.27. The molecule has 0 N–H and O–H groups in total. The molecule has 2 rings (SSSR count). The predicted molar refractivity (Wildman–Crippen MR) is 54.8 cm³/mol. The van der Waals surface area contributed by atoms with Gasteiger partial charge in [-0.05, 0) is 19.9 Å². The molecule has 0 radical (unpaired) electrons. The maximum atomic E-state index is 11.3. The molecule has 0 spiro atoms. The van der Waals surface area contributed by atoms with Crippen molar-refractivity contribution in [3.8, 4) is 0 Å². The van der Waals surface area contributed by atoms with Gasteiger partial charge in [0, 0.05) is 18.3 Å². The highest BCUT2D eigenvalue weighted by Crippen LogP contribution is 2.25. The minimum Gasteiger partial charge on any atom is -0.320 e. The quantitative estimate of drug-likeness (QED) is 0.691. The van der Waals surface area contributed by atoms with E-state index >= 15 is 0 Å². The van der Waals surface area contributed by atoms with Gasteiger partial charge in [-0.15, -0.1) is 0 Å². The van der Waals surface area contributed by atoms with Gasteiger partial charge in [-0.3, -0.25) is 9.69 Å². The molecule has 3 nitrogen and oxygen atoms in total. The molecular weight excluding hydrogens is 184 g/mol. The number of hydrogen-bond donors (Lipinski definition) is 0. The predicted octanol–water partition coefficient (Wildman–Crippen LogP) is 1.60. The van der Waals surface area contributed by atoms with E-state index in [1.54, 1.807) is 0 Å². The molecule has 0 bridgehead atoms. The number of hydrogen-bond acceptors (Lipinski definition) is 3. The van der Waals surface area contributed by atoms with E-state index in [9.17, 15) is 4.79 Å². The molecule has 1 saturated heterocycles. The molecule has 1 aliphatic carbocycles. The number of amides is 1. The van der Waals surface area contributed by atoms with Crippen molar-refractivity contribution in [1.29, 1.82) is 0 Å². The van der Waals surface area contributed by atoms with E-state index in [0.29, 0.717) is 0 Å². The van der Waals surface area contributed by atoms with Crippen LogP contribution < -0.4 is 0 Å². The van der Waals surface area contributed by atoms with Crippen LogP contribution in [0.4, 0.5) is 4.79 Å². The molecule has 0 aromatic rings. The standard InChI is InChI=1S/C9H16N2OS/c1-10(8-3-2-4-8)7-11-5-6-13-9(11)12/h8H,2-7H2,1H3. The Morgan fingerprint density at radius 1 is 1.62 bits per heavy atom. The van der Waals surface area contributed by atoms with Gasteiger partial charge in [-0.1, -0.05) is 18.2 Å². The summed E-state index contributed by atoms with van der Waals surface area (Å²) in [5.41, 5.74) is 0. The summed E-state index contributed by atoms with van der Waals surface area (Å²) in [4.78, 5) is 15.6. The van der Waals surface area contributed by atoms with E-state index < -0.39 is 0 Å². The summed E-state index contributed by atoms with van der Waals surface area (Å²) in [6, 6.07) is 0.735. The molecule has 2 aliphatic rings. The molecule has 1 amide bonds. The molecule has 0 atom stereocenters. The zero-order valence-electron chi connectivity index (χ0n) is 8.03. The van der Waals surface area contributed by atoms with Gasteiger partial charge in [-0.2, -0.15) is 0 Å². The molecule has 74 valence electrons. The number of rotatable bonds is 3.